The van der Waals surface area contributed by atoms with Crippen LogP contribution in [0.15, 0.2) is 54.6 Å². The van der Waals surface area contributed by atoms with E-state index in [0.29, 0.717) is 12.2 Å². The Labute approximate surface area is 173 Å². The first kappa shape index (κ1) is 22.4. The van der Waals surface area contributed by atoms with Crippen molar-refractivity contribution in [2.75, 3.05) is 32.6 Å². The highest BCUT2D eigenvalue weighted by molar-refractivity contribution is 5.92. The number of amides is 2. The van der Waals surface area contributed by atoms with E-state index in [1.54, 1.807) is 50.2 Å². The first-order chi connectivity index (χ1) is 13.9. The predicted octanol–water partition coefficient (Wildman–Crippen LogP) is 3.26. The van der Waals surface area contributed by atoms with Gasteiger partial charge in [0.05, 0.1) is 19.7 Å². The van der Waals surface area contributed by atoms with Crippen LogP contribution in [0.25, 0.3) is 0 Å². The summed E-state index contributed by atoms with van der Waals surface area (Å²) in [5.41, 5.74) is 1.91. The number of likely N-dealkylation sites (N-methyl/N-ethyl adjacent to an activating group) is 1. The van der Waals surface area contributed by atoms with Crippen molar-refractivity contribution < 1.29 is 14.3 Å². The van der Waals surface area contributed by atoms with E-state index in [2.05, 4.69) is 29.7 Å². The van der Waals surface area contributed by atoms with Crippen molar-refractivity contribution in [3.63, 3.8) is 0 Å². The molecule has 2 aromatic rings. The van der Waals surface area contributed by atoms with Crippen LogP contribution in [0.5, 0.6) is 5.75 Å². The third-order valence-corrected chi connectivity index (χ3v) is 5.09. The molecule has 29 heavy (non-hydrogen) atoms. The molecular weight excluding hydrogens is 366 g/mol. The summed E-state index contributed by atoms with van der Waals surface area (Å²) in [6.07, 6.45) is 0.943. The standard InChI is InChI=1S/C23H31N3O3/c1-5-18(19-9-7-6-8-10-19)15-24-23(28)17(2)26(3)16-22(27)25-20-11-13-21(29-4)14-12-20/h6-14,17-18H,5,15-16H2,1-4H3,(H,24,28)(H,25,27)/t17-,18-/m1/s1. The SMILES string of the molecule is CC[C@H](CNC(=O)[C@@H](C)N(C)CC(=O)Nc1ccc(OC)cc1)c1ccccc1. The van der Waals surface area contributed by atoms with E-state index >= 15 is 0 Å². The number of rotatable bonds is 10. The van der Waals surface area contributed by atoms with Crippen molar-refractivity contribution in [3.05, 3.63) is 60.2 Å². The Bertz CT molecular complexity index is 778. The van der Waals surface area contributed by atoms with Crippen molar-refractivity contribution in [3.8, 4) is 5.75 Å². The number of carbonyl (C=O) groups is 2. The monoisotopic (exact) mass is 397 g/mol. The fraction of sp³-hybridized carbons (Fsp3) is 0.391. The Hall–Kier alpha value is -2.86. The predicted molar refractivity (Wildman–Crippen MR) is 116 cm³/mol. The molecule has 0 fully saturated rings. The van der Waals surface area contributed by atoms with Gasteiger partial charge in [0.1, 0.15) is 5.75 Å². The minimum atomic E-state index is -0.412. The van der Waals surface area contributed by atoms with Gasteiger partial charge in [-0.3, -0.25) is 14.5 Å². The first-order valence-electron chi connectivity index (χ1n) is 9.91. The van der Waals surface area contributed by atoms with Crippen molar-refractivity contribution in [1.82, 2.24) is 10.2 Å². The third-order valence-electron chi connectivity index (χ3n) is 5.09. The molecule has 0 aliphatic carbocycles. The van der Waals surface area contributed by atoms with Gasteiger partial charge in [0.15, 0.2) is 0 Å². The lowest BCUT2D eigenvalue weighted by molar-refractivity contribution is -0.126. The van der Waals surface area contributed by atoms with Crippen molar-refractivity contribution in [1.29, 1.82) is 0 Å². The van der Waals surface area contributed by atoms with Crippen molar-refractivity contribution >= 4 is 17.5 Å². The summed E-state index contributed by atoms with van der Waals surface area (Å²) in [5.74, 6) is 0.745. The lowest BCUT2D eigenvalue weighted by atomic mass is 9.96. The zero-order chi connectivity index (χ0) is 21.2. The maximum Gasteiger partial charge on any atom is 0.238 e. The molecule has 0 saturated carbocycles. The molecule has 0 spiro atoms. The zero-order valence-corrected chi connectivity index (χ0v) is 17.6. The van der Waals surface area contributed by atoms with Crippen LogP contribution < -0.4 is 15.4 Å². The highest BCUT2D eigenvalue weighted by Crippen LogP contribution is 2.18. The average molecular weight is 398 g/mol. The van der Waals surface area contributed by atoms with Crippen molar-refractivity contribution in [2.24, 2.45) is 0 Å². The van der Waals surface area contributed by atoms with Crippen LogP contribution in [0.2, 0.25) is 0 Å². The van der Waals surface area contributed by atoms with Crippen LogP contribution in [0.4, 0.5) is 5.69 Å². The smallest absolute Gasteiger partial charge is 0.238 e. The second kappa shape index (κ2) is 11.2. The van der Waals surface area contributed by atoms with Gasteiger partial charge in [-0.15, -0.1) is 0 Å². The summed E-state index contributed by atoms with van der Waals surface area (Å²) >= 11 is 0. The Morgan fingerprint density at radius 1 is 1.07 bits per heavy atom. The van der Waals surface area contributed by atoms with Gasteiger partial charge in [-0.05, 0) is 50.2 Å². The molecule has 0 heterocycles. The number of hydrogen-bond acceptors (Lipinski definition) is 4. The minimum Gasteiger partial charge on any atom is -0.497 e. The van der Waals surface area contributed by atoms with E-state index < -0.39 is 6.04 Å². The van der Waals surface area contributed by atoms with Gasteiger partial charge >= 0.3 is 0 Å². The van der Waals surface area contributed by atoms with Crippen LogP contribution >= 0.6 is 0 Å². The molecule has 2 aromatic carbocycles. The average Bonchev–Trinajstić information content (AvgIpc) is 2.74. The molecule has 0 unspecified atom stereocenters. The number of ether oxygens (including phenoxy) is 1. The summed E-state index contributed by atoms with van der Waals surface area (Å²) in [6.45, 7) is 4.62. The van der Waals surface area contributed by atoms with Gasteiger partial charge in [-0.2, -0.15) is 0 Å². The largest absolute Gasteiger partial charge is 0.497 e. The maximum absolute atomic E-state index is 12.5. The van der Waals surface area contributed by atoms with Gasteiger partial charge in [-0.25, -0.2) is 0 Å². The van der Waals surface area contributed by atoms with Gasteiger partial charge in [0.2, 0.25) is 11.8 Å². The van der Waals surface area contributed by atoms with Crippen LogP contribution in [-0.2, 0) is 9.59 Å². The Balaban J connectivity index is 1.82. The Morgan fingerprint density at radius 3 is 2.31 bits per heavy atom. The molecule has 0 aliphatic heterocycles. The van der Waals surface area contributed by atoms with E-state index in [-0.39, 0.29) is 24.3 Å². The summed E-state index contributed by atoms with van der Waals surface area (Å²) < 4.78 is 5.11. The lowest BCUT2D eigenvalue weighted by Crippen LogP contribution is -2.46. The van der Waals surface area contributed by atoms with Gasteiger partial charge in [-0.1, -0.05) is 37.3 Å². The summed E-state index contributed by atoms with van der Waals surface area (Å²) in [6, 6.07) is 16.9. The Morgan fingerprint density at radius 2 is 1.72 bits per heavy atom. The molecule has 0 bridgehead atoms. The lowest BCUT2D eigenvalue weighted by Gasteiger charge is -2.24. The van der Waals surface area contributed by atoms with Gasteiger partial charge in [0.25, 0.3) is 0 Å². The number of nitrogens with zero attached hydrogens (tertiary/aromatic N) is 1. The second-order valence-corrected chi connectivity index (χ2v) is 7.13. The van der Waals surface area contributed by atoms with Crippen LogP contribution in [-0.4, -0.2) is 50.0 Å². The molecule has 0 saturated heterocycles. The molecule has 0 aromatic heterocycles. The third kappa shape index (κ3) is 6.91. The number of hydrogen-bond donors (Lipinski definition) is 2. The molecule has 0 radical (unpaired) electrons. The number of methoxy groups -OCH3 is 1. The molecule has 0 aliphatic rings. The second-order valence-electron chi connectivity index (χ2n) is 7.13. The highest BCUT2D eigenvalue weighted by atomic mass is 16.5. The van der Waals surface area contributed by atoms with E-state index in [9.17, 15) is 9.59 Å². The molecule has 2 N–H and O–H groups in total. The van der Waals surface area contributed by atoms with Crippen LogP contribution in [0.1, 0.15) is 31.7 Å². The molecule has 6 heteroatoms. The number of anilines is 1. The summed E-state index contributed by atoms with van der Waals surface area (Å²) in [4.78, 5) is 26.6. The van der Waals surface area contributed by atoms with Gasteiger partial charge in [0, 0.05) is 18.2 Å². The normalized spacial score (nSPS) is 12.9. The quantitative estimate of drug-likeness (QED) is 0.646. The van der Waals surface area contributed by atoms with E-state index in [1.807, 2.05) is 18.2 Å². The molecule has 6 nitrogen and oxygen atoms in total. The summed E-state index contributed by atoms with van der Waals surface area (Å²) in [7, 11) is 3.36. The maximum atomic E-state index is 12.5. The molecule has 2 rings (SSSR count). The topological polar surface area (TPSA) is 70.7 Å². The van der Waals surface area contributed by atoms with E-state index in [1.165, 1.54) is 5.56 Å². The molecular formula is C23H31N3O3. The van der Waals surface area contributed by atoms with Crippen LogP contribution in [0.3, 0.4) is 0 Å². The molecule has 2 atom stereocenters. The fourth-order valence-corrected chi connectivity index (χ4v) is 3.03. The Kier molecular flexibility index (Phi) is 8.68. The van der Waals surface area contributed by atoms with Gasteiger partial charge < -0.3 is 15.4 Å². The minimum absolute atomic E-state index is 0.0841. The summed E-state index contributed by atoms with van der Waals surface area (Å²) in [5, 5.41) is 5.85. The molecule has 156 valence electrons. The van der Waals surface area contributed by atoms with E-state index in [0.717, 1.165) is 12.2 Å². The molecule has 2 amide bonds. The fourth-order valence-electron chi connectivity index (χ4n) is 3.03. The number of nitrogens with one attached hydrogen (secondary N) is 2. The first-order valence-corrected chi connectivity index (χ1v) is 9.91. The van der Waals surface area contributed by atoms with Crippen LogP contribution in [0, 0.1) is 0 Å². The number of carbonyl (C=O) groups excluding carboxylic acids is 2. The highest BCUT2D eigenvalue weighted by Gasteiger charge is 2.21. The van der Waals surface area contributed by atoms with Crippen molar-refractivity contribution in [2.45, 2.75) is 32.2 Å². The zero-order valence-electron chi connectivity index (χ0n) is 17.6. The number of benzene rings is 2. The van der Waals surface area contributed by atoms with E-state index in [4.69, 9.17) is 4.74 Å².